The molecule has 1 amide bonds. The molecule has 1 unspecified atom stereocenters. The van der Waals surface area contributed by atoms with Crippen molar-refractivity contribution < 1.29 is 23.5 Å². The van der Waals surface area contributed by atoms with Crippen molar-refractivity contribution in [2.24, 2.45) is 5.41 Å². The number of hydrogen-bond acceptors (Lipinski definition) is 3. The Bertz CT molecular complexity index is 399. The summed E-state index contributed by atoms with van der Waals surface area (Å²) in [6, 6.07) is -0.119. The van der Waals surface area contributed by atoms with Gasteiger partial charge < -0.3 is 10.0 Å². The number of alkyl halides is 2. The quantitative estimate of drug-likeness (QED) is 0.769. The molecule has 0 radical (unpaired) electrons. The molecule has 1 atom stereocenters. The number of carboxylic acid groups (broad SMARTS) is 1. The van der Waals surface area contributed by atoms with Crippen LogP contribution in [0.4, 0.5) is 8.78 Å². The minimum absolute atomic E-state index is 0.119. The zero-order valence-electron chi connectivity index (χ0n) is 11.5. The van der Waals surface area contributed by atoms with Gasteiger partial charge in [0.05, 0.1) is 6.54 Å². The molecule has 2 aliphatic rings. The van der Waals surface area contributed by atoms with Crippen LogP contribution in [0.5, 0.6) is 0 Å². The molecule has 1 aliphatic heterocycles. The van der Waals surface area contributed by atoms with Gasteiger partial charge in [-0.1, -0.05) is 6.92 Å². The number of carbonyl (C=O) groups is 2. The summed E-state index contributed by atoms with van der Waals surface area (Å²) in [5.41, 5.74) is -1.23. The molecule has 1 saturated carbocycles. The molecule has 5 nitrogen and oxygen atoms in total. The molecular formula is C13H20F2N2O3. The Kier molecular flexibility index (Phi) is 4.27. The summed E-state index contributed by atoms with van der Waals surface area (Å²) < 4.78 is 25.0. The Morgan fingerprint density at radius 3 is 2.45 bits per heavy atom. The zero-order valence-corrected chi connectivity index (χ0v) is 11.5. The molecule has 114 valence electrons. The number of piperazine rings is 1. The summed E-state index contributed by atoms with van der Waals surface area (Å²) in [4.78, 5) is 26.7. The minimum atomic E-state index is -2.39. The number of carboxylic acids is 1. The first-order chi connectivity index (χ1) is 9.40. The van der Waals surface area contributed by atoms with Crippen molar-refractivity contribution in [3.63, 3.8) is 0 Å². The molecule has 0 aromatic rings. The summed E-state index contributed by atoms with van der Waals surface area (Å²) >= 11 is 0. The molecule has 1 heterocycles. The van der Waals surface area contributed by atoms with Crippen LogP contribution in [0.1, 0.15) is 26.2 Å². The predicted molar refractivity (Wildman–Crippen MR) is 67.5 cm³/mol. The third kappa shape index (κ3) is 2.77. The molecule has 1 aliphatic carbocycles. The van der Waals surface area contributed by atoms with E-state index in [2.05, 4.69) is 0 Å². The van der Waals surface area contributed by atoms with E-state index in [4.69, 9.17) is 5.11 Å². The molecule has 1 N–H and O–H groups in total. The van der Waals surface area contributed by atoms with Crippen molar-refractivity contribution in [2.75, 3.05) is 26.2 Å². The summed E-state index contributed by atoms with van der Waals surface area (Å²) in [7, 11) is 0. The summed E-state index contributed by atoms with van der Waals surface area (Å²) in [5.74, 6) is -1.41. The van der Waals surface area contributed by atoms with E-state index in [1.165, 1.54) is 4.90 Å². The normalized spacial score (nSPS) is 25.8. The van der Waals surface area contributed by atoms with Crippen LogP contribution in [0.2, 0.25) is 0 Å². The van der Waals surface area contributed by atoms with Gasteiger partial charge in [-0.2, -0.15) is 0 Å². The highest BCUT2D eigenvalue weighted by molar-refractivity contribution is 6.04. The lowest BCUT2D eigenvalue weighted by Gasteiger charge is -2.41. The van der Waals surface area contributed by atoms with E-state index in [9.17, 15) is 18.4 Å². The molecule has 2 rings (SSSR count). The van der Waals surface area contributed by atoms with Crippen molar-refractivity contribution in [3.8, 4) is 0 Å². The number of halogens is 2. The van der Waals surface area contributed by atoms with Gasteiger partial charge in [0.1, 0.15) is 5.41 Å². The maximum atomic E-state index is 12.5. The Labute approximate surface area is 116 Å². The number of amides is 1. The van der Waals surface area contributed by atoms with Crippen LogP contribution in [0.3, 0.4) is 0 Å². The van der Waals surface area contributed by atoms with E-state index in [1.54, 1.807) is 4.90 Å². The van der Waals surface area contributed by atoms with Crippen LogP contribution >= 0.6 is 0 Å². The van der Waals surface area contributed by atoms with Crippen molar-refractivity contribution in [2.45, 2.75) is 38.7 Å². The van der Waals surface area contributed by atoms with Crippen molar-refractivity contribution in [1.29, 1.82) is 0 Å². The van der Waals surface area contributed by atoms with Gasteiger partial charge >= 0.3 is 5.97 Å². The first-order valence-corrected chi connectivity index (χ1v) is 6.95. The number of aliphatic carboxylic acids is 1. The first kappa shape index (κ1) is 15.2. The van der Waals surface area contributed by atoms with Gasteiger partial charge in [0.2, 0.25) is 5.91 Å². The Morgan fingerprint density at radius 1 is 1.35 bits per heavy atom. The maximum Gasteiger partial charge on any atom is 0.319 e. The average molecular weight is 290 g/mol. The van der Waals surface area contributed by atoms with Crippen LogP contribution in [0.15, 0.2) is 0 Å². The molecule has 2 fully saturated rings. The summed E-state index contributed by atoms with van der Waals surface area (Å²) in [6.07, 6.45) is -0.957. The van der Waals surface area contributed by atoms with Crippen molar-refractivity contribution >= 4 is 11.9 Å². The molecule has 0 spiro atoms. The van der Waals surface area contributed by atoms with Gasteiger partial charge in [0.15, 0.2) is 0 Å². The standard InChI is InChI=1S/C13H20F2N2O3/c1-2-9-7-17(6-5-16(9)8-10(14)15)11(18)13(3-4-13)12(19)20/h9-10H,2-8H2,1H3,(H,19,20). The third-order valence-electron chi connectivity index (χ3n) is 4.30. The van der Waals surface area contributed by atoms with Gasteiger partial charge in [-0.05, 0) is 19.3 Å². The lowest BCUT2D eigenvalue weighted by molar-refractivity contribution is -0.155. The number of rotatable bonds is 5. The van der Waals surface area contributed by atoms with E-state index in [0.29, 0.717) is 38.9 Å². The molecule has 7 heteroatoms. The van der Waals surface area contributed by atoms with E-state index < -0.39 is 17.8 Å². The number of carbonyl (C=O) groups excluding carboxylic acids is 1. The average Bonchev–Trinajstić information content (AvgIpc) is 3.19. The molecule has 20 heavy (non-hydrogen) atoms. The Morgan fingerprint density at radius 2 is 2.00 bits per heavy atom. The Hall–Kier alpha value is -1.24. The highest BCUT2D eigenvalue weighted by Gasteiger charge is 2.59. The molecule has 0 bridgehead atoms. The molecule has 1 saturated heterocycles. The predicted octanol–water partition coefficient (Wildman–Crippen LogP) is 1.04. The Balaban J connectivity index is 2.00. The van der Waals surface area contributed by atoms with Crippen LogP contribution in [-0.4, -0.2) is 65.4 Å². The van der Waals surface area contributed by atoms with E-state index in [-0.39, 0.29) is 18.5 Å². The van der Waals surface area contributed by atoms with Gasteiger partial charge in [-0.15, -0.1) is 0 Å². The van der Waals surface area contributed by atoms with Gasteiger partial charge in [-0.25, -0.2) is 8.78 Å². The number of nitrogens with zero attached hydrogens (tertiary/aromatic N) is 2. The fourth-order valence-corrected chi connectivity index (χ4v) is 2.83. The number of hydrogen-bond donors (Lipinski definition) is 1. The van der Waals surface area contributed by atoms with E-state index in [0.717, 1.165) is 0 Å². The van der Waals surface area contributed by atoms with Crippen LogP contribution in [-0.2, 0) is 9.59 Å². The zero-order chi connectivity index (χ0) is 14.9. The second kappa shape index (κ2) is 5.63. The van der Waals surface area contributed by atoms with Crippen LogP contribution in [0.25, 0.3) is 0 Å². The second-order valence-electron chi connectivity index (χ2n) is 5.59. The topological polar surface area (TPSA) is 60.9 Å². The largest absolute Gasteiger partial charge is 0.480 e. The van der Waals surface area contributed by atoms with E-state index >= 15 is 0 Å². The van der Waals surface area contributed by atoms with Gasteiger partial charge in [0.25, 0.3) is 6.43 Å². The fourth-order valence-electron chi connectivity index (χ4n) is 2.83. The van der Waals surface area contributed by atoms with E-state index in [1.807, 2.05) is 6.92 Å². The highest BCUT2D eigenvalue weighted by Crippen LogP contribution is 2.47. The SMILES string of the molecule is CCC1CN(C(=O)C2(C(=O)O)CC2)CCN1CC(F)F. The lowest BCUT2D eigenvalue weighted by Crippen LogP contribution is -2.57. The molecular weight excluding hydrogens is 270 g/mol. The highest BCUT2D eigenvalue weighted by atomic mass is 19.3. The minimum Gasteiger partial charge on any atom is -0.480 e. The summed E-state index contributed by atoms with van der Waals surface area (Å²) in [6.45, 7) is 2.66. The summed E-state index contributed by atoms with van der Waals surface area (Å²) in [5, 5.41) is 9.14. The van der Waals surface area contributed by atoms with Gasteiger partial charge in [0, 0.05) is 25.7 Å². The van der Waals surface area contributed by atoms with Crippen LogP contribution < -0.4 is 0 Å². The smallest absolute Gasteiger partial charge is 0.319 e. The van der Waals surface area contributed by atoms with Crippen molar-refractivity contribution in [1.82, 2.24) is 9.80 Å². The fraction of sp³-hybridized carbons (Fsp3) is 0.846. The van der Waals surface area contributed by atoms with Gasteiger partial charge in [-0.3, -0.25) is 14.5 Å². The van der Waals surface area contributed by atoms with Crippen molar-refractivity contribution in [3.05, 3.63) is 0 Å². The monoisotopic (exact) mass is 290 g/mol. The maximum absolute atomic E-state index is 12.5. The second-order valence-corrected chi connectivity index (χ2v) is 5.59. The lowest BCUT2D eigenvalue weighted by atomic mass is 10.0. The third-order valence-corrected chi connectivity index (χ3v) is 4.30. The first-order valence-electron chi connectivity index (χ1n) is 6.95. The molecule has 0 aromatic carbocycles. The molecule has 0 aromatic heterocycles. The van der Waals surface area contributed by atoms with Crippen LogP contribution in [0, 0.1) is 5.41 Å².